The lowest BCUT2D eigenvalue weighted by Gasteiger charge is -2.37. The number of hydrogen-bond acceptors (Lipinski definition) is 2. The van der Waals surface area contributed by atoms with Crippen LogP contribution >= 0.6 is 0 Å². The number of aryl methyl sites for hydroxylation is 1. The quantitative estimate of drug-likeness (QED) is 0.865. The minimum absolute atomic E-state index is 0.266. The number of halogens is 1. The lowest BCUT2D eigenvalue weighted by Crippen LogP contribution is -2.40. The number of rotatable bonds is 3. The van der Waals surface area contributed by atoms with Crippen LogP contribution in [-0.2, 0) is 5.60 Å². The van der Waals surface area contributed by atoms with Crippen molar-refractivity contribution in [1.82, 2.24) is 5.32 Å². The predicted octanol–water partition coefficient (Wildman–Crippen LogP) is 2.87. The Morgan fingerprint density at radius 3 is 2.67 bits per heavy atom. The Bertz CT molecular complexity index is 411. The van der Waals surface area contributed by atoms with E-state index in [1.54, 1.807) is 6.07 Å². The highest BCUT2D eigenvalue weighted by molar-refractivity contribution is 5.32. The third-order valence-electron chi connectivity index (χ3n) is 4.01. The molecule has 0 heterocycles. The fourth-order valence-corrected chi connectivity index (χ4v) is 2.95. The lowest BCUT2D eigenvalue weighted by atomic mass is 9.76. The summed E-state index contributed by atoms with van der Waals surface area (Å²) in [6.07, 6.45) is 3.30. The van der Waals surface area contributed by atoms with E-state index in [0.717, 1.165) is 30.5 Å². The standard InChI is InChI=1S/C15H22FNO/c1-3-17-13-6-8-15(18,9-7-13)14-10-12(16)5-4-11(14)2/h4-5,10,13,17-18H,3,6-9H2,1-2H3. The van der Waals surface area contributed by atoms with Gasteiger partial charge in [0.25, 0.3) is 0 Å². The zero-order valence-electron chi connectivity index (χ0n) is 11.2. The summed E-state index contributed by atoms with van der Waals surface area (Å²) in [6, 6.07) is 5.18. The van der Waals surface area contributed by atoms with Crippen molar-refractivity contribution in [2.45, 2.75) is 51.2 Å². The van der Waals surface area contributed by atoms with Crippen LogP contribution < -0.4 is 5.32 Å². The van der Waals surface area contributed by atoms with Crippen molar-refractivity contribution in [3.63, 3.8) is 0 Å². The summed E-state index contributed by atoms with van der Waals surface area (Å²) in [5, 5.41) is 14.2. The molecule has 1 aliphatic rings. The molecule has 1 saturated carbocycles. The van der Waals surface area contributed by atoms with Crippen LogP contribution in [0.1, 0.15) is 43.7 Å². The summed E-state index contributed by atoms with van der Waals surface area (Å²) in [5.74, 6) is -0.266. The molecule has 0 spiro atoms. The maximum atomic E-state index is 13.3. The smallest absolute Gasteiger partial charge is 0.123 e. The molecule has 0 saturated heterocycles. The van der Waals surface area contributed by atoms with Crippen molar-refractivity contribution in [1.29, 1.82) is 0 Å². The summed E-state index contributed by atoms with van der Waals surface area (Å²) in [5.41, 5.74) is 0.885. The molecule has 1 fully saturated rings. The van der Waals surface area contributed by atoms with E-state index in [0.29, 0.717) is 18.9 Å². The molecule has 0 amide bonds. The predicted molar refractivity (Wildman–Crippen MR) is 71.0 cm³/mol. The first kappa shape index (κ1) is 13.5. The van der Waals surface area contributed by atoms with Gasteiger partial charge in [-0.25, -0.2) is 4.39 Å². The van der Waals surface area contributed by atoms with Crippen LogP contribution in [0, 0.1) is 12.7 Å². The Kier molecular flexibility index (Phi) is 4.03. The highest BCUT2D eigenvalue weighted by Gasteiger charge is 2.35. The van der Waals surface area contributed by atoms with Crippen molar-refractivity contribution in [2.24, 2.45) is 0 Å². The molecule has 2 rings (SSSR count). The SMILES string of the molecule is CCNC1CCC(O)(c2cc(F)ccc2C)CC1. The first-order valence-electron chi connectivity index (χ1n) is 6.77. The zero-order valence-corrected chi connectivity index (χ0v) is 11.2. The Morgan fingerprint density at radius 2 is 2.06 bits per heavy atom. The van der Waals surface area contributed by atoms with Gasteiger partial charge in [0.15, 0.2) is 0 Å². The van der Waals surface area contributed by atoms with E-state index in [4.69, 9.17) is 0 Å². The van der Waals surface area contributed by atoms with Crippen LogP contribution in [0.15, 0.2) is 18.2 Å². The second-order valence-corrected chi connectivity index (χ2v) is 5.32. The van der Waals surface area contributed by atoms with Crippen LogP contribution in [-0.4, -0.2) is 17.7 Å². The second kappa shape index (κ2) is 5.37. The highest BCUT2D eigenvalue weighted by Crippen LogP contribution is 2.38. The molecule has 18 heavy (non-hydrogen) atoms. The van der Waals surface area contributed by atoms with E-state index in [2.05, 4.69) is 12.2 Å². The third-order valence-corrected chi connectivity index (χ3v) is 4.01. The third kappa shape index (κ3) is 2.73. The number of aliphatic hydroxyl groups is 1. The molecule has 100 valence electrons. The molecule has 1 aliphatic carbocycles. The molecule has 0 unspecified atom stereocenters. The number of nitrogens with one attached hydrogen (secondary N) is 1. The molecular formula is C15H22FNO. The van der Waals surface area contributed by atoms with Gasteiger partial charge in [-0.05, 0) is 62.4 Å². The van der Waals surface area contributed by atoms with Crippen LogP contribution in [0.2, 0.25) is 0 Å². The molecule has 1 aromatic carbocycles. The van der Waals surface area contributed by atoms with Crippen LogP contribution in [0.4, 0.5) is 4.39 Å². The van der Waals surface area contributed by atoms with E-state index < -0.39 is 5.60 Å². The monoisotopic (exact) mass is 251 g/mol. The van der Waals surface area contributed by atoms with Crippen LogP contribution in [0.3, 0.4) is 0 Å². The minimum atomic E-state index is -0.849. The fraction of sp³-hybridized carbons (Fsp3) is 0.600. The van der Waals surface area contributed by atoms with E-state index in [1.165, 1.54) is 12.1 Å². The molecule has 3 heteroatoms. The highest BCUT2D eigenvalue weighted by atomic mass is 19.1. The molecule has 0 aliphatic heterocycles. The van der Waals surface area contributed by atoms with Crippen molar-refractivity contribution >= 4 is 0 Å². The Labute approximate surface area is 108 Å². The van der Waals surface area contributed by atoms with Gasteiger partial charge in [0.2, 0.25) is 0 Å². The lowest BCUT2D eigenvalue weighted by molar-refractivity contribution is -0.00892. The first-order valence-corrected chi connectivity index (χ1v) is 6.77. The van der Waals surface area contributed by atoms with E-state index in [1.807, 2.05) is 6.92 Å². The Hall–Kier alpha value is -0.930. The summed E-state index contributed by atoms with van der Waals surface area (Å²) >= 11 is 0. The summed E-state index contributed by atoms with van der Waals surface area (Å²) in [4.78, 5) is 0. The van der Waals surface area contributed by atoms with Gasteiger partial charge >= 0.3 is 0 Å². The zero-order chi connectivity index (χ0) is 13.2. The van der Waals surface area contributed by atoms with E-state index in [9.17, 15) is 9.50 Å². The molecule has 0 atom stereocenters. The number of hydrogen-bond donors (Lipinski definition) is 2. The van der Waals surface area contributed by atoms with Gasteiger partial charge in [0.1, 0.15) is 5.82 Å². The maximum Gasteiger partial charge on any atom is 0.123 e. The normalized spacial score (nSPS) is 28.3. The van der Waals surface area contributed by atoms with Gasteiger partial charge in [-0.3, -0.25) is 0 Å². The van der Waals surface area contributed by atoms with Gasteiger partial charge in [-0.2, -0.15) is 0 Å². The van der Waals surface area contributed by atoms with Crippen molar-refractivity contribution in [3.8, 4) is 0 Å². The summed E-state index contributed by atoms with van der Waals surface area (Å²) < 4.78 is 13.3. The molecule has 0 bridgehead atoms. The van der Waals surface area contributed by atoms with Gasteiger partial charge in [0.05, 0.1) is 5.60 Å². The molecule has 0 radical (unpaired) electrons. The summed E-state index contributed by atoms with van der Waals surface area (Å²) in [6.45, 7) is 4.99. The summed E-state index contributed by atoms with van der Waals surface area (Å²) in [7, 11) is 0. The van der Waals surface area contributed by atoms with Crippen molar-refractivity contribution < 1.29 is 9.50 Å². The number of benzene rings is 1. The van der Waals surface area contributed by atoms with E-state index in [-0.39, 0.29) is 5.82 Å². The molecule has 2 N–H and O–H groups in total. The molecule has 1 aromatic rings. The fourth-order valence-electron chi connectivity index (χ4n) is 2.95. The maximum absolute atomic E-state index is 13.3. The average Bonchev–Trinajstić information content (AvgIpc) is 2.36. The second-order valence-electron chi connectivity index (χ2n) is 5.32. The van der Waals surface area contributed by atoms with Crippen LogP contribution in [0.25, 0.3) is 0 Å². The van der Waals surface area contributed by atoms with Gasteiger partial charge < -0.3 is 10.4 Å². The van der Waals surface area contributed by atoms with E-state index >= 15 is 0 Å². The topological polar surface area (TPSA) is 32.3 Å². The molecular weight excluding hydrogens is 229 g/mol. The van der Waals surface area contributed by atoms with Gasteiger partial charge in [-0.15, -0.1) is 0 Å². The Morgan fingerprint density at radius 1 is 1.39 bits per heavy atom. The largest absolute Gasteiger partial charge is 0.385 e. The first-order chi connectivity index (χ1) is 8.55. The van der Waals surface area contributed by atoms with Gasteiger partial charge in [-0.1, -0.05) is 13.0 Å². The molecule has 2 nitrogen and oxygen atoms in total. The van der Waals surface area contributed by atoms with Crippen molar-refractivity contribution in [3.05, 3.63) is 35.1 Å². The Balaban J connectivity index is 2.15. The average molecular weight is 251 g/mol. The molecule has 0 aromatic heterocycles. The van der Waals surface area contributed by atoms with Crippen molar-refractivity contribution in [2.75, 3.05) is 6.54 Å². The van der Waals surface area contributed by atoms with Gasteiger partial charge in [0, 0.05) is 6.04 Å². The van der Waals surface area contributed by atoms with Crippen LogP contribution in [0.5, 0.6) is 0 Å². The minimum Gasteiger partial charge on any atom is -0.385 e.